The fourth-order valence-corrected chi connectivity index (χ4v) is 3.51. The van der Waals surface area contributed by atoms with E-state index in [1.165, 1.54) is 25.5 Å². The van der Waals surface area contributed by atoms with Gasteiger partial charge in [0, 0.05) is 26.4 Å². The van der Waals surface area contributed by atoms with E-state index in [0.717, 1.165) is 18.8 Å². The number of guanidine groups is 1. The molecular formula is C18H32N4O4S. The lowest BCUT2D eigenvalue weighted by atomic mass is 10.1. The van der Waals surface area contributed by atoms with Crippen molar-refractivity contribution in [2.45, 2.75) is 25.3 Å². The molecule has 2 heterocycles. The number of ether oxygens (including phenoxy) is 1. The number of rotatable bonds is 10. The van der Waals surface area contributed by atoms with Crippen LogP contribution in [0.5, 0.6) is 0 Å². The fourth-order valence-electron chi connectivity index (χ4n) is 3.09. The highest BCUT2D eigenvalue weighted by atomic mass is 32.2. The predicted octanol–water partition coefficient (Wildman–Crippen LogP) is 1.03. The van der Waals surface area contributed by atoms with E-state index in [9.17, 15) is 8.42 Å². The lowest BCUT2D eigenvalue weighted by molar-refractivity contribution is 0.145. The van der Waals surface area contributed by atoms with Crippen LogP contribution in [0, 0.1) is 0 Å². The summed E-state index contributed by atoms with van der Waals surface area (Å²) in [5.41, 5.74) is 0. The monoisotopic (exact) mass is 400 g/mol. The Labute approximate surface area is 162 Å². The minimum atomic E-state index is -2.98. The molecule has 1 aromatic heterocycles. The van der Waals surface area contributed by atoms with Gasteiger partial charge in [-0.15, -0.1) is 0 Å². The molecule has 1 aliphatic heterocycles. The third kappa shape index (κ3) is 8.32. The van der Waals surface area contributed by atoms with E-state index in [-0.39, 0.29) is 18.4 Å². The second kappa shape index (κ2) is 11.3. The molecule has 0 spiro atoms. The van der Waals surface area contributed by atoms with Crippen molar-refractivity contribution >= 4 is 15.8 Å². The van der Waals surface area contributed by atoms with Gasteiger partial charge in [-0.25, -0.2) is 8.42 Å². The number of aliphatic imine (C=N–C) groups is 1. The molecule has 1 unspecified atom stereocenters. The Hall–Kier alpha value is -1.58. The SMILES string of the molecule is CN=C(NCCOCCS(C)(=O)=O)NCC(c1ccco1)N1CCCCC1. The van der Waals surface area contributed by atoms with Crippen LogP contribution >= 0.6 is 0 Å². The molecule has 0 aliphatic carbocycles. The van der Waals surface area contributed by atoms with Gasteiger partial charge in [0.2, 0.25) is 0 Å². The minimum absolute atomic E-state index is 0.0423. The average molecular weight is 401 g/mol. The molecule has 1 atom stereocenters. The van der Waals surface area contributed by atoms with E-state index in [1.54, 1.807) is 13.3 Å². The summed E-state index contributed by atoms with van der Waals surface area (Å²) in [4.78, 5) is 6.69. The van der Waals surface area contributed by atoms with Gasteiger partial charge >= 0.3 is 0 Å². The second-order valence-corrected chi connectivity index (χ2v) is 9.01. The van der Waals surface area contributed by atoms with Gasteiger partial charge in [0.15, 0.2) is 5.96 Å². The quantitative estimate of drug-likeness (QED) is 0.344. The number of likely N-dealkylation sites (tertiary alicyclic amines) is 1. The van der Waals surface area contributed by atoms with Crippen molar-refractivity contribution in [2.75, 3.05) is 58.4 Å². The van der Waals surface area contributed by atoms with Gasteiger partial charge in [-0.1, -0.05) is 6.42 Å². The molecule has 1 aromatic rings. The van der Waals surface area contributed by atoms with Crippen LogP contribution in [0.1, 0.15) is 31.1 Å². The van der Waals surface area contributed by atoms with Crippen molar-refractivity contribution in [1.29, 1.82) is 0 Å². The fraction of sp³-hybridized carbons (Fsp3) is 0.722. The first-order valence-electron chi connectivity index (χ1n) is 9.47. The first-order chi connectivity index (χ1) is 13.0. The third-order valence-electron chi connectivity index (χ3n) is 4.53. The van der Waals surface area contributed by atoms with Gasteiger partial charge in [-0.2, -0.15) is 0 Å². The highest BCUT2D eigenvalue weighted by Crippen LogP contribution is 2.24. The Balaban J connectivity index is 1.75. The zero-order valence-corrected chi connectivity index (χ0v) is 17.1. The van der Waals surface area contributed by atoms with Gasteiger partial charge in [0.05, 0.1) is 31.3 Å². The molecule has 8 nitrogen and oxygen atoms in total. The zero-order valence-electron chi connectivity index (χ0n) is 16.3. The Bertz CT molecular complexity index is 655. The van der Waals surface area contributed by atoms with Crippen molar-refractivity contribution < 1.29 is 17.6 Å². The minimum Gasteiger partial charge on any atom is -0.468 e. The molecule has 0 saturated carbocycles. The second-order valence-electron chi connectivity index (χ2n) is 6.75. The van der Waals surface area contributed by atoms with Crippen molar-refractivity contribution in [1.82, 2.24) is 15.5 Å². The van der Waals surface area contributed by atoms with Crippen LogP contribution in [0.25, 0.3) is 0 Å². The topological polar surface area (TPSA) is 96.2 Å². The van der Waals surface area contributed by atoms with Crippen molar-refractivity contribution in [3.05, 3.63) is 24.2 Å². The molecule has 0 amide bonds. The van der Waals surface area contributed by atoms with Crippen LogP contribution in [-0.2, 0) is 14.6 Å². The first kappa shape index (κ1) is 21.7. The van der Waals surface area contributed by atoms with E-state index in [1.807, 2.05) is 12.1 Å². The summed E-state index contributed by atoms with van der Waals surface area (Å²) in [5.74, 6) is 1.69. The van der Waals surface area contributed by atoms with E-state index >= 15 is 0 Å². The van der Waals surface area contributed by atoms with Gasteiger partial charge in [-0.3, -0.25) is 9.89 Å². The van der Waals surface area contributed by atoms with Crippen molar-refractivity contribution in [2.24, 2.45) is 4.99 Å². The Morgan fingerprint density at radius 1 is 1.30 bits per heavy atom. The highest BCUT2D eigenvalue weighted by Gasteiger charge is 2.24. The number of piperidine rings is 1. The maximum atomic E-state index is 11.1. The molecule has 2 rings (SSSR count). The Morgan fingerprint density at radius 2 is 2.07 bits per heavy atom. The summed E-state index contributed by atoms with van der Waals surface area (Å²) in [6.07, 6.45) is 6.65. The van der Waals surface area contributed by atoms with Crippen LogP contribution in [0.3, 0.4) is 0 Å². The average Bonchev–Trinajstić information content (AvgIpc) is 3.17. The number of hydrogen-bond donors (Lipinski definition) is 2. The number of nitrogens with zero attached hydrogens (tertiary/aromatic N) is 2. The van der Waals surface area contributed by atoms with Crippen LogP contribution in [0.4, 0.5) is 0 Å². The standard InChI is InChI=1S/C18H32N4O4S/c1-19-18(20-8-12-25-13-14-27(2,23)24)21-15-16(17-7-6-11-26-17)22-9-4-3-5-10-22/h6-7,11,16H,3-5,8-10,12-15H2,1-2H3,(H2,19,20,21). The van der Waals surface area contributed by atoms with Crippen LogP contribution in [-0.4, -0.2) is 77.7 Å². The number of sulfone groups is 1. The van der Waals surface area contributed by atoms with Crippen molar-refractivity contribution in [3.63, 3.8) is 0 Å². The predicted molar refractivity (Wildman–Crippen MR) is 107 cm³/mol. The Kier molecular flexibility index (Phi) is 9.09. The number of furan rings is 1. The molecule has 0 bridgehead atoms. The van der Waals surface area contributed by atoms with Crippen LogP contribution < -0.4 is 10.6 Å². The molecule has 1 saturated heterocycles. The largest absolute Gasteiger partial charge is 0.468 e. The molecule has 2 N–H and O–H groups in total. The van der Waals surface area contributed by atoms with Gasteiger partial charge in [0.25, 0.3) is 0 Å². The molecule has 9 heteroatoms. The lowest BCUT2D eigenvalue weighted by Crippen LogP contribution is -2.45. The summed E-state index contributed by atoms with van der Waals surface area (Å²) in [6.45, 7) is 4.03. The van der Waals surface area contributed by atoms with E-state index in [2.05, 4.69) is 20.5 Å². The molecule has 154 valence electrons. The molecule has 1 aliphatic rings. The van der Waals surface area contributed by atoms with E-state index < -0.39 is 9.84 Å². The van der Waals surface area contributed by atoms with Crippen molar-refractivity contribution in [3.8, 4) is 0 Å². The maximum Gasteiger partial charge on any atom is 0.191 e. The lowest BCUT2D eigenvalue weighted by Gasteiger charge is -2.33. The summed E-state index contributed by atoms with van der Waals surface area (Å²) in [5, 5.41) is 6.54. The summed E-state index contributed by atoms with van der Waals surface area (Å²) in [7, 11) is -1.25. The van der Waals surface area contributed by atoms with E-state index in [0.29, 0.717) is 25.7 Å². The smallest absolute Gasteiger partial charge is 0.191 e. The van der Waals surface area contributed by atoms with Gasteiger partial charge in [-0.05, 0) is 38.1 Å². The molecule has 1 fully saturated rings. The normalized spacial score (nSPS) is 17.6. The van der Waals surface area contributed by atoms with Crippen LogP contribution in [0.15, 0.2) is 27.8 Å². The molecule has 0 aromatic carbocycles. The maximum absolute atomic E-state index is 11.1. The summed E-state index contributed by atoms with van der Waals surface area (Å²) in [6, 6.07) is 4.12. The number of nitrogens with one attached hydrogen (secondary N) is 2. The molecule has 27 heavy (non-hydrogen) atoms. The van der Waals surface area contributed by atoms with Crippen LogP contribution in [0.2, 0.25) is 0 Å². The highest BCUT2D eigenvalue weighted by molar-refractivity contribution is 7.90. The summed E-state index contributed by atoms with van der Waals surface area (Å²) >= 11 is 0. The van der Waals surface area contributed by atoms with E-state index in [4.69, 9.17) is 9.15 Å². The first-order valence-corrected chi connectivity index (χ1v) is 11.5. The molecular weight excluding hydrogens is 368 g/mol. The van der Waals surface area contributed by atoms with Gasteiger partial charge in [0.1, 0.15) is 15.6 Å². The summed E-state index contributed by atoms with van der Waals surface area (Å²) < 4.78 is 33.1. The third-order valence-corrected chi connectivity index (χ3v) is 5.44. The zero-order chi connectivity index (χ0) is 19.5. The number of hydrogen-bond acceptors (Lipinski definition) is 6. The Morgan fingerprint density at radius 3 is 2.70 bits per heavy atom. The van der Waals surface area contributed by atoms with Gasteiger partial charge < -0.3 is 19.8 Å². The molecule has 0 radical (unpaired) electrons.